The van der Waals surface area contributed by atoms with E-state index in [-0.39, 0.29) is 34.1 Å². The maximum absolute atomic E-state index is 13.0. The van der Waals surface area contributed by atoms with Crippen LogP contribution in [0.1, 0.15) is 38.8 Å². The fraction of sp³-hybridized carbons (Fsp3) is 0.207. The van der Waals surface area contributed by atoms with Gasteiger partial charge in [-0.25, -0.2) is 4.79 Å². The Morgan fingerprint density at radius 2 is 1.00 bits per heavy atom. The van der Waals surface area contributed by atoms with Crippen molar-refractivity contribution in [1.82, 2.24) is 4.90 Å². The van der Waals surface area contributed by atoms with Gasteiger partial charge >= 0.3 is 29.8 Å². The number of carboxylic acids is 1. The second-order valence-electron chi connectivity index (χ2n) is 8.54. The van der Waals surface area contributed by atoms with Gasteiger partial charge in [0.2, 0.25) is 0 Å². The summed E-state index contributed by atoms with van der Waals surface area (Å²) < 4.78 is 20.0. The van der Waals surface area contributed by atoms with Crippen molar-refractivity contribution < 1.29 is 62.7 Å². The van der Waals surface area contributed by atoms with Crippen molar-refractivity contribution >= 4 is 53.8 Å². The quantitative estimate of drug-likeness (QED) is 0.216. The molecule has 0 saturated carbocycles. The molecule has 2 N–H and O–H groups in total. The molecule has 0 fully saturated rings. The molecule has 1 atom stereocenters. The van der Waals surface area contributed by atoms with Gasteiger partial charge in [-0.3, -0.25) is 33.7 Å². The van der Waals surface area contributed by atoms with Crippen LogP contribution < -0.4 is 18.9 Å². The molecule has 0 saturated heterocycles. The maximum atomic E-state index is 13.0. The molecular formula is C29H27NO13. The molecule has 14 heteroatoms. The lowest BCUT2D eigenvalue weighted by molar-refractivity contribution is -0.156. The van der Waals surface area contributed by atoms with Crippen molar-refractivity contribution in [2.45, 2.75) is 33.7 Å². The molecule has 0 bridgehead atoms. The van der Waals surface area contributed by atoms with E-state index in [2.05, 4.69) is 0 Å². The predicted molar refractivity (Wildman–Crippen MR) is 147 cm³/mol. The molecule has 0 unspecified atom stereocenters. The van der Waals surface area contributed by atoms with Gasteiger partial charge in [-0.15, -0.1) is 0 Å². The summed E-state index contributed by atoms with van der Waals surface area (Å²) in [5.41, 5.74) is 0.482. The van der Waals surface area contributed by atoms with Crippen molar-refractivity contribution in [3.63, 3.8) is 0 Å². The van der Waals surface area contributed by atoms with Crippen molar-refractivity contribution in [2.24, 2.45) is 0 Å². The Hall–Kier alpha value is -5.63. The third-order valence-corrected chi connectivity index (χ3v) is 5.03. The minimum atomic E-state index is -1.96. The topological polar surface area (TPSA) is 200 Å². The van der Waals surface area contributed by atoms with Gasteiger partial charge in [0.25, 0.3) is 11.8 Å². The number of esters is 4. The zero-order valence-electron chi connectivity index (χ0n) is 23.4. The van der Waals surface area contributed by atoms with Crippen molar-refractivity contribution in [3.8, 4) is 23.0 Å². The molecule has 226 valence electrons. The summed E-state index contributed by atoms with van der Waals surface area (Å²) in [6.45, 7) is 3.41. The lowest BCUT2D eigenvalue weighted by atomic mass is 10.1. The third-order valence-electron chi connectivity index (χ3n) is 5.03. The zero-order valence-corrected chi connectivity index (χ0v) is 23.4. The van der Waals surface area contributed by atoms with Crippen LogP contribution in [0.2, 0.25) is 0 Å². The lowest BCUT2D eigenvalue weighted by Crippen LogP contribution is -2.49. The number of hydrogen-bond acceptors (Lipinski definition) is 12. The Labute approximate surface area is 244 Å². The number of aliphatic hydroxyl groups is 1. The molecule has 0 aliphatic heterocycles. The Kier molecular flexibility index (Phi) is 12.0. The Balaban J connectivity index is 2.40. The van der Waals surface area contributed by atoms with Crippen LogP contribution in [0.4, 0.5) is 0 Å². The average Bonchev–Trinajstić information content (AvgIpc) is 2.90. The molecular weight excluding hydrogens is 570 g/mol. The predicted octanol–water partition coefficient (Wildman–Crippen LogP) is 1.92. The van der Waals surface area contributed by atoms with Crippen molar-refractivity contribution in [1.29, 1.82) is 0 Å². The summed E-state index contributed by atoms with van der Waals surface area (Å²) in [6.07, 6.45) is 4.05. The number of aliphatic carboxylic acids is 1. The number of ether oxygens (including phenoxy) is 4. The number of carbonyl (C=O) groups excluding carboxylic acids is 6. The van der Waals surface area contributed by atoms with Crippen LogP contribution in [0.15, 0.2) is 48.6 Å². The van der Waals surface area contributed by atoms with Gasteiger partial charge < -0.3 is 29.2 Å². The minimum absolute atomic E-state index is 0.0721. The molecule has 0 heterocycles. The van der Waals surface area contributed by atoms with E-state index in [1.165, 1.54) is 48.6 Å². The summed E-state index contributed by atoms with van der Waals surface area (Å²) in [4.78, 5) is 83.6. The summed E-state index contributed by atoms with van der Waals surface area (Å²) >= 11 is 0. The van der Waals surface area contributed by atoms with E-state index in [9.17, 15) is 43.8 Å². The first-order valence-electron chi connectivity index (χ1n) is 12.3. The number of carbonyl (C=O) groups is 7. The van der Waals surface area contributed by atoms with E-state index in [4.69, 9.17) is 18.9 Å². The van der Waals surface area contributed by atoms with Gasteiger partial charge in [-0.1, -0.05) is 12.1 Å². The van der Waals surface area contributed by atoms with Gasteiger partial charge in [0.05, 0.1) is 6.61 Å². The van der Waals surface area contributed by atoms with Crippen LogP contribution in [-0.2, 0) is 33.6 Å². The fourth-order valence-electron chi connectivity index (χ4n) is 3.39. The Morgan fingerprint density at radius 1 is 0.651 bits per heavy atom. The smallest absolute Gasteiger partial charge is 0.329 e. The van der Waals surface area contributed by atoms with E-state index in [0.717, 1.165) is 39.8 Å². The van der Waals surface area contributed by atoms with Crippen molar-refractivity contribution in [3.05, 3.63) is 59.7 Å². The standard InChI is InChI=1S/C29H27NO13/c1-16(32)40-23-9-5-20(13-25(23)42-18(3)34)7-11-27(36)30(22(15-31)29(38)39)28(37)12-8-21-6-10-24(41-17(2)33)26(14-21)43-19(4)35/h5-14,22,31H,15H2,1-4H3,(H,38,39)/b11-7+,12-8+/t22-/m1/s1. The highest BCUT2D eigenvalue weighted by atomic mass is 16.6. The second-order valence-corrected chi connectivity index (χ2v) is 8.54. The largest absolute Gasteiger partial charge is 0.480 e. The first kappa shape index (κ1) is 33.6. The number of rotatable bonds is 11. The third kappa shape index (κ3) is 10.4. The van der Waals surface area contributed by atoms with E-state index in [0.29, 0.717) is 4.90 Å². The highest BCUT2D eigenvalue weighted by Gasteiger charge is 2.32. The molecule has 0 aliphatic carbocycles. The summed E-state index contributed by atoms with van der Waals surface area (Å²) in [7, 11) is 0. The van der Waals surface area contributed by atoms with E-state index in [1.54, 1.807) is 0 Å². The summed E-state index contributed by atoms with van der Waals surface area (Å²) in [6, 6.07) is 5.93. The molecule has 0 aliphatic rings. The number of nitrogens with zero attached hydrogens (tertiary/aromatic N) is 1. The average molecular weight is 598 g/mol. The molecule has 14 nitrogen and oxygen atoms in total. The number of hydrogen-bond donors (Lipinski definition) is 2. The number of aliphatic hydroxyl groups excluding tert-OH is 1. The lowest BCUT2D eigenvalue weighted by Gasteiger charge is -2.23. The van der Waals surface area contributed by atoms with Crippen LogP contribution in [0, 0.1) is 0 Å². The molecule has 0 spiro atoms. The maximum Gasteiger partial charge on any atom is 0.329 e. The number of benzene rings is 2. The van der Waals surface area contributed by atoms with Crippen LogP contribution in [0.25, 0.3) is 12.2 Å². The van der Waals surface area contributed by atoms with Crippen LogP contribution in [-0.4, -0.2) is 69.4 Å². The normalized spacial score (nSPS) is 11.5. The molecule has 2 rings (SSSR count). The number of amides is 2. The zero-order chi connectivity index (χ0) is 32.3. The second kappa shape index (κ2) is 15.4. The highest BCUT2D eigenvalue weighted by molar-refractivity contribution is 6.10. The van der Waals surface area contributed by atoms with E-state index >= 15 is 0 Å². The van der Waals surface area contributed by atoms with Gasteiger partial charge in [-0.2, -0.15) is 0 Å². The molecule has 0 aromatic heterocycles. The first-order valence-corrected chi connectivity index (χ1v) is 12.3. The number of imide groups is 1. The molecule has 2 aromatic rings. The van der Waals surface area contributed by atoms with Gasteiger partial charge in [0.1, 0.15) is 0 Å². The first-order chi connectivity index (χ1) is 20.2. The highest BCUT2D eigenvalue weighted by Crippen LogP contribution is 2.30. The fourth-order valence-corrected chi connectivity index (χ4v) is 3.39. The van der Waals surface area contributed by atoms with Crippen LogP contribution >= 0.6 is 0 Å². The summed E-state index contributed by atoms with van der Waals surface area (Å²) in [5.74, 6) is -7.14. The van der Waals surface area contributed by atoms with Crippen LogP contribution in [0.5, 0.6) is 23.0 Å². The summed E-state index contributed by atoms with van der Waals surface area (Å²) in [5, 5.41) is 19.1. The van der Waals surface area contributed by atoms with Crippen molar-refractivity contribution in [2.75, 3.05) is 6.61 Å². The molecule has 2 aromatic carbocycles. The van der Waals surface area contributed by atoms with Crippen LogP contribution in [0.3, 0.4) is 0 Å². The Morgan fingerprint density at radius 3 is 1.30 bits per heavy atom. The van der Waals surface area contributed by atoms with Gasteiger partial charge in [-0.05, 0) is 47.5 Å². The van der Waals surface area contributed by atoms with E-state index < -0.39 is 54.3 Å². The van der Waals surface area contributed by atoms with Gasteiger partial charge in [0.15, 0.2) is 29.0 Å². The Bertz CT molecular complexity index is 1400. The number of carboxylic acid groups (broad SMARTS) is 1. The van der Waals surface area contributed by atoms with Gasteiger partial charge in [0, 0.05) is 39.8 Å². The SMILES string of the molecule is CC(=O)Oc1ccc(/C=C/C(=O)N(C(=O)/C=C/c2ccc(OC(C)=O)c(OC(C)=O)c2)[C@H](CO)C(=O)O)cc1OC(C)=O. The molecule has 2 amide bonds. The minimum Gasteiger partial charge on any atom is -0.480 e. The monoisotopic (exact) mass is 597 g/mol. The molecule has 43 heavy (non-hydrogen) atoms. The molecule has 0 radical (unpaired) electrons. The van der Waals surface area contributed by atoms with E-state index in [1.807, 2.05) is 0 Å².